The molecule has 4 nitrogen and oxygen atoms in total. The molecule has 2 N–H and O–H groups in total. The van der Waals surface area contributed by atoms with Crippen LogP contribution in [0.25, 0.3) is 0 Å². The summed E-state index contributed by atoms with van der Waals surface area (Å²) in [6, 6.07) is 5.01. The van der Waals surface area contributed by atoms with E-state index in [4.69, 9.17) is 23.2 Å². The number of amides is 1. The molecule has 1 aliphatic carbocycles. The standard InChI is InChI=1S/C26H38Cl2N2O2/c1-2-3-4-5-6-9-12-20-15-18-25(31)22(20)13-10-7-8-11-14-26(32)30-29-24-19-21(27)16-17-23(24)28/h11,14,16-17,19-20,22,29H,2-10,12-13,15,18H2,1H3,(H,30,32)/t20-,22+/m0/s1. The van der Waals surface area contributed by atoms with Crippen molar-refractivity contribution in [3.05, 3.63) is 40.4 Å². The molecule has 0 aromatic heterocycles. The van der Waals surface area contributed by atoms with Crippen molar-refractivity contribution < 1.29 is 9.59 Å². The van der Waals surface area contributed by atoms with Crippen LogP contribution in [0.2, 0.25) is 10.0 Å². The maximum atomic E-state index is 12.3. The van der Waals surface area contributed by atoms with Crippen LogP contribution in [0.5, 0.6) is 0 Å². The minimum Gasteiger partial charge on any atom is -0.299 e. The number of anilines is 1. The monoisotopic (exact) mass is 480 g/mol. The number of Topliss-reactive ketones (excluding diaryl/α,β-unsaturated/α-hetero) is 1. The molecule has 0 saturated heterocycles. The van der Waals surface area contributed by atoms with Gasteiger partial charge in [0.05, 0.1) is 10.7 Å². The van der Waals surface area contributed by atoms with Crippen molar-refractivity contribution in [3.63, 3.8) is 0 Å². The predicted molar refractivity (Wildman–Crippen MR) is 135 cm³/mol. The number of halogens is 2. The molecule has 0 aliphatic heterocycles. The number of benzene rings is 1. The van der Waals surface area contributed by atoms with Gasteiger partial charge in [0.15, 0.2) is 0 Å². The van der Waals surface area contributed by atoms with E-state index in [0.29, 0.717) is 27.4 Å². The van der Waals surface area contributed by atoms with Gasteiger partial charge in [-0.3, -0.25) is 20.4 Å². The van der Waals surface area contributed by atoms with Gasteiger partial charge < -0.3 is 0 Å². The van der Waals surface area contributed by atoms with Gasteiger partial charge in [-0.05, 0) is 56.2 Å². The van der Waals surface area contributed by atoms with Crippen LogP contribution in [0.3, 0.4) is 0 Å². The summed E-state index contributed by atoms with van der Waals surface area (Å²) in [5.41, 5.74) is 5.92. The van der Waals surface area contributed by atoms with Gasteiger partial charge in [-0.1, -0.05) is 81.1 Å². The SMILES string of the molecule is CCCCCCCC[C@H]1CCC(=O)[C@@H]1CCCCC=CC(=O)NNc1cc(Cl)ccc1Cl. The summed E-state index contributed by atoms with van der Waals surface area (Å²) in [5.74, 6) is 1.09. The number of ketones is 1. The molecule has 2 rings (SSSR count). The first-order chi connectivity index (χ1) is 15.5. The summed E-state index contributed by atoms with van der Waals surface area (Å²) in [6.45, 7) is 2.25. The van der Waals surface area contributed by atoms with E-state index in [9.17, 15) is 9.59 Å². The molecule has 0 bridgehead atoms. The second kappa shape index (κ2) is 15.3. The number of hydrogen-bond donors (Lipinski definition) is 2. The van der Waals surface area contributed by atoms with Crippen LogP contribution in [-0.4, -0.2) is 11.7 Å². The maximum Gasteiger partial charge on any atom is 0.261 e. The highest BCUT2D eigenvalue weighted by Gasteiger charge is 2.33. The number of nitrogens with one attached hydrogen (secondary N) is 2. The van der Waals surface area contributed by atoms with Gasteiger partial charge in [-0.2, -0.15) is 0 Å². The first-order valence-corrected chi connectivity index (χ1v) is 13.0. The quantitative estimate of drug-likeness (QED) is 0.152. The van der Waals surface area contributed by atoms with Crippen LogP contribution in [0.4, 0.5) is 5.69 Å². The highest BCUT2D eigenvalue weighted by molar-refractivity contribution is 6.35. The molecule has 0 radical (unpaired) electrons. The van der Waals surface area contributed by atoms with E-state index in [2.05, 4.69) is 17.8 Å². The van der Waals surface area contributed by atoms with Crippen molar-refractivity contribution in [2.24, 2.45) is 11.8 Å². The Morgan fingerprint density at radius 1 is 1.06 bits per heavy atom. The molecule has 32 heavy (non-hydrogen) atoms. The smallest absolute Gasteiger partial charge is 0.261 e. The van der Waals surface area contributed by atoms with Crippen LogP contribution in [0.15, 0.2) is 30.4 Å². The lowest BCUT2D eigenvalue weighted by atomic mass is 9.86. The van der Waals surface area contributed by atoms with E-state index in [0.717, 1.165) is 38.5 Å². The Bertz CT molecular complexity index is 751. The maximum absolute atomic E-state index is 12.3. The molecule has 1 saturated carbocycles. The lowest BCUT2D eigenvalue weighted by Crippen LogP contribution is -2.27. The molecule has 0 heterocycles. The van der Waals surface area contributed by atoms with Gasteiger partial charge in [0.1, 0.15) is 5.78 Å². The highest BCUT2D eigenvalue weighted by Crippen LogP contribution is 2.36. The molecule has 1 aliphatic rings. The molecule has 0 unspecified atom stereocenters. The lowest BCUT2D eigenvalue weighted by Gasteiger charge is -2.18. The van der Waals surface area contributed by atoms with Crippen LogP contribution < -0.4 is 10.9 Å². The molecular formula is C26H38Cl2N2O2. The summed E-state index contributed by atoms with van der Waals surface area (Å²) in [7, 11) is 0. The van der Waals surface area contributed by atoms with Crippen LogP contribution in [-0.2, 0) is 9.59 Å². The fraction of sp³-hybridized carbons (Fsp3) is 0.615. The van der Waals surface area contributed by atoms with Crippen molar-refractivity contribution in [2.75, 3.05) is 5.43 Å². The zero-order valence-corrected chi connectivity index (χ0v) is 20.8. The van der Waals surface area contributed by atoms with Crippen molar-refractivity contribution in [1.82, 2.24) is 5.43 Å². The normalized spacial score (nSPS) is 18.4. The Kier molecular flexibility index (Phi) is 12.8. The minimum atomic E-state index is -0.244. The third-order valence-corrected chi connectivity index (χ3v) is 6.89. The Balaban J connectivity index is 1.59. The fourth-order valence-electron chi connectivity index (χ4n) is 4.49. The molecule has 1 aromatic rings. The summed E-state index contributed by atoms with van der Waals surface area (Å²) >= 11 is 12.0. The summed E-state index contributed by atoms with van der Waals surface area (Å²) in [6.07, 6.45) is 18.2. The third kappa shape index (κ3) is 9.95. The first kappa shape index (κ1) is 26.7. The average molecular weight is 482 g/mol. The first-order valence-electron chi connectivity index (χ1n) is 12.2. The predicted octanol–water partition coefficient (Wildman–Crippen LogP) is 7.90. The molecule has 1 aromatic carbocycles. The summed E-state index contributed by atoms with van der Waals surface area (Å²) in [5, 5.41) is 1.02. The zero-order chi connectivity index (χ0) is 23.2. The van der Waals surface area contributed by atoms with Crippen LogP contribution >= 0.6 is 23.2 Å². The molecule has 1 fully saturated rings. The van der Waals surface area contributed by atoms with Crippen LogP contribution in [0.1, 0.15) is 90.4 Å². The molecule has 2 atom stereocenters. The van der Waals surface area contributed by atoms with E-state index >= 15 is 0 Å². The van der Waals surface area contributed by atoms with Crippen LogP contribution in [0, 0.1) is 11.8 Å². The van der Waals surface area contributed by atoms with Crippen molar-refractivity contribution in [3.8, 4) is 0 Å². The van der Waals surface area contributed by atoms with Crippen molar-refractivity contribution >= 4 is 40.6 Å². The number of rotatable bonds is 15. The minimum absolute atomic E-state index is 0.244. The van der Waals surface area contributed by atoms with E-state index in [-0.39, 0.29) is 11.8 Å². The molecule has 6 heteroatoms. The Morgan fingerprint density at radius 3 is 2.62 bits per heavy atom. The highest BCUT2D eigenvalue weighted by atomic mass is 35.5. The van der Waals surface area contributed by atoms with Gasteiger partial charge >= 0.3 is 0 Å². The van der Waals surface area contributed by atoms with Gasteiger partial charge in [0.25, 0.3) is 5.91 Å². The van der Waals surface area contributed by atoms with Gasteiger partial charge in [-0.25, -0.2) is 0 Å². The zero-order valence-electron chi connectivity index (χ0n) is 19.3. The van der Waals surface area contributed by atoms with E-state index in [1.54, 1.807) is 18.2 Å². The van der Waals surface area contributed by atoms with Gasteiger partial charge in [0.2, 0.25) is 0 Å². The molecular weight excluding hydrogens is 443 g/mol. The number of allylic oxidation sites excluding steroid dienone is 1. The second-order valence-electron chi connectivity index (χ2n) is 8.85. The fourth-order valence-corrected chi connectivity index (χ4v) is 4.82. The Hall–Kier alpha value is -1.52. The number of hydrogen-bond acceptors (Lipinski definition) is 3. The molecule has 1 amide bonds. The van der Waals surface area contributed by atoms with E-state index in [1.807, 2.05) is 6.08 Å². The Labute approximate surface area is 203 Å². The summed E-state index contributed by atoms with van der Waals surface area (Å²) in [4.78, 5) is 24.3. The number of hydrazine groups is 1. The number of carbonyl (C=O) groups is 2. The van der Waals surface area contributed by atoms with Crippen molar-refractivity contribution in [2.45, 2.75) is 90.4 Å². The largest absolute Gasteiger partial charge is 0.299 e. The lowest BCUT2D eigenvalue weighted by molar-refractivity contribution is -0.121. The summed E-state index contributed by atoms with van der Waals surface area (Å²) < 4.78 is 0. The number of carbonyl (C=O) groups excluding carboxylic acids is 2. The molecule has 178 valence electrons. The van der Waals surface area contributed by atoms with E-state index < -0.39 is 0 Å². The number of unbranched alkanes of at least 4 members (excludes halogenated alkanes) is 7. The second-order valence-corrected chi connectivity index (χ2v) is 9.70. The topological polar surface area (TPSA) is 58.2 Å². The molecule has 0 spiro atoms. The van der Waals surface area contributed by atoms with Gasteiger partial charge in [0, 0.05) is 23.4 Å². The average Bonchev–Trinajstić information content (AvgIpc) is 3.13. The third-order valence-electron chi connectivity index (χ3n) is 6.33. The van der Waals surface area contributed by atoms with E-state index in [1.165, 1.54) is 51.0 Å². The van der Waals surface area contributed by atoms with Gasteiger partial charge in [-0.15, -0.1) is 0 Å². The van der Waals surface area contributed by atoms with Crippen molar-refractivity contribution in [1.29, 1.82) is 0 Å². The Morgan fingerprint density at radius 2 is 1.81 bits per heavy atom.